The van der Waals surface area contributed by atoms with Crippen LogP contribution < -0.4 is 5.11 Å². The molecule has 0 fully saturated rings. The Morgan fingerprint density at radius 2 is 1.55 bits per heavy atom. The number of nitrogens with zero attached hydrogens (tertiary/aromatic N) is 1. The Balaban J connectivity index is 0. The lowest BCUT2D eigenvalue weighted by atomic mass is 10.2. The van der Waals surface area contributed by atoms with Gasteiger partial charge in [-0.25, -0.2) is 0 Å². The first-order chi connectivity index (χ1) is 9.37. The quantitative estimate of drug-likeness (QED) is 0.494. The summed E-state index contributed by atoms with van der Waals surface area (Å²) in [5.74, 6) is -0.925. The molecule has 1 N–H and O–H groups in total. The number of rotatable bonds is 10. The fraction of sp³-hybridized carbons (Fsp3) is 0.938. The highest BCUT2D eigenvalue weighted by molar-refractivity contribution is 5.63. The Morgan fingerprint density at radius 3 is 1.80 bits per heavy atom. The molecule has 0 bridgehead atoms. The van der Waals surface area contributed by atoms with E-state index in [2.05, 4.69) is 27.7 Å². The van der Waals surface area contributed by atoms with Gasteiger partial charge in [0, 0.05) is 5.97 Å². The van der Waals surface area contributed by atoms with Gasteiger partial charge in [0.05, 0.1) is 19.6 Å². The second kappa shape index (κ2) is 13.4. The van der Waals surface area contributed by atoms with Crippen LogP contribution in [0.3, 0.4) is 0 Å². The van der Waals surface area contributed by atoms with Crippen LogP contribution in [0.1, 0.15) is 66.7 Å². The second-order valence-electron chi connectivity index (χ2n) is 5.50. The first-order valence-corrected chi connectivity index (χ1v) is 8.10. The maximum absolute atomic E-state index is 9.85. The minimum atomic E-state index is -0.925. The predicted octanol–water partition coefficient (Wildman–Crippen LogP) is 1.95. The Hall–Kier alpha value is -0.610. The van der Waals surface area contributed by atoms with Crippen LogP contribution >= 0.6 is 0 Å². The van der Waals surface area contributed by atoms with Crippen molar-refractivity contribution >= 4 is 5.97 Å². The number of carboxylic acids is 1. The maximum Gasteiger partial charge on any atom is 0.105 e. The van der Waals surface area contributed by atoms with Crippen molar-refractivity contribution in [3.05, 3.63) is 0 Å². The summed E-state index contributed by atoms with van der Waals surface area (Å²) in [6.45, 7) is 14.8. The monoisotopic (exact) mass is 289 g/mol. The van der Waals surface area contributed by atoms with Crippen molar-refractivity contribution in [3.8, 4) is 0 Å². The van der Waals surface area contributed by atoms with Crippen molar-refractivity contribution in [2.24, 2.45) is 0 Å². The fourth-order valence-electron chi connectivity index (χ4n) is 2.31. The minimum absolute atomic E-state index is 0.171. The molecule has 0 aliphatic rings. The van der Waals surface area contributed by atoms with E-state index < -0.39 is 5.97 Å². The number of likely N-dealkylation sites (N-methyl/N-ethyl adjacent to an activating group) is 1. The first kappa shape index (κ1) is 21.7. The van der Waals surface area contributed by atoms with Crippen LogP contribution in [0, 0.1) is 0 Å². The Labute approximate surface area is 125 Å². The molecule has 4 nitrogen and oxygen atoms in total. The van der Waals surface area contributed by atoms with Gasteiger partial charge in [-0.3, -0.25) is 0 Å². The van der Waals surface area contributed by atoms with E-state index in [1.165, 1.54) is 0 Å². The van der Waals surface area contributed by atoms with Crippen molar-refractivity contribution in [2.75, 3.05) is 26.2 Å². The van der Waals surface area contributed by atoms with Gasteiger partial charge in [0.2, 0.25) is 0 Å². The third-order valence-electron chi connectivity index (χ3n) is 3.90. The minimum Gasteiger partial charge on any atom is -0.550 e. The molecule has 1 unspecified atom stereocenters. The second-order valence-corrected chi connectivity index (χ2v) is 5.50. The molecule has 0 amide bonds. The number of carbonyl (C=O) groups is 1. The number of unbranched alkanes of at least 4 members (excludes halogenated alkanes) is 3. The molecule has 0 saturated heterocycles. The van der Waals surface area contributed by atoms with Crippen LogP contribution in [0.2, 0.25) is 0 Å². The molecule has 0 radical (unpaired) electrons. The summed E-state index contributed by atoms with van der Waals surface area (Å²) in [4.78, 5) is 9.85. The van der Waals surface area contributed by atoms with Crippen molar-refractivity contribution in [1.29, 1.82) is 0 Å². The van der Waals surface area contributed by atoms with Crippen molar-refractivity contribution < 1.29 is 19.5 Å². The summed E-state index contributed by atoms with van der Waals surface area (Å²) in [7, 11) is 0. The topological polar surface area (TPSA) is 60.4 Å². The molecular formula is C16H35NO3. The molecule has 20 heavy (non-hydrogen) atoms. The summed E-state index contributed by atoms with van der Waals surface area (Å²) >= 11 is 0. The van der Waals surface area contributed by atoms with Crippen LogP contribution in [-0.4, -0.2) is 47.8 Å². The summed E-state index contributed by atoms with van der Waals surface area (Å²) in [6.07, 6.45) is 4.12. The lowest BCUT2D eigenvalue weighted by molar-refractivity contribution is -0.925. The standard InChI is InChI=1S/C9H22NO.C7H14O2/c1-5-10(6-2,7-3)8-9(4)11;1-2-3-4-5-6-7(8)9/h9,11H,5-8H2,1-4H3;2-6H2,1H3,(H,8,9)/q+1;/p-1. The van der Waals surface area contributed by atoms with Crippen molar-refractivity contribution in [2.45, 2.75) is 72.8 Å². The number of aliphatic hydroxyl groups is 1. The summed E-state index contributed by atoms with van der Waals surface area (Å²) in [6, 6.07) is 0. The SMILES string of the molecule is CCCCCCC(=O)[O-].CC[N+](CC)(CC)CC(C)O. The maximum atomic E-state index is 9.85. The van der Waals surface area contributed by atoms with Crippen LogP contribution in [0.15, 0.2) is 0 Å². The lowest BCUT2D eigenvalue weighted by Gasteiger charge is -2.36. The fourth-order valence-corrected chi connectivity index (χ4v) is 2.31. The van der Waals surface area contributed by atoms with E-state index in [1.54, 1.807) is 0 Å². The zero-order valence-corrected chi connectivity index (χ0v) is 14.2. The highest BCUT2D eigenvalue weighted by Crippen LogP contribution is 2.06. The van der Waals surface area contributed by atoms with Gasteiger partial charge in [-0.15, -0.1) is 0 Å². The van der Waals surface area contributed by atoms with Crippen LogP contribution in [0.5, 0.6) is 0 Å². The van der Waals surface area contributed by atoms with E-state index >= 15 is 0 Å². The van der Waals surface area contributed by atoms with Gasteiger partial charge in [0.25, 0.3) is 0 Å². The number of quaternary nitrogens is 1. The van der Waals surface area contributed by atoms with Crippen molar-refractivity contribution in [3.63, 3.8) is 0 Å². The molecule has 0 saturated carbocycles. The summed E-state index contributed by atoms with van der Waals surface area (Å²) in [5.41, 5.74) is 0. The van der Waals surface area contributed by atoms with E-state index in [0.717, 1.165) is 56.3 Å². The van der Waals surface area contributed by atoms with E-state index in [9.17, 15) is 15.0 Å². The van der Waals surface area contributed by atoms with Gasteiger partial charge in [0.15, 0.2) is 0 Å². The lowest BCUT2D eigenvalue weighted by Crippen LogP contribution is -2.51. The average Bonchev–Trinajstić information content (AvgIpc) is 2.41. The highest BCUT2D eigenvalue weighted by atomic mass is 16.4. The van der Waals surface area contributed by atoms with Gasteiger partial charge in [0.1, 0.15) is 12.6 Å². The molecule has 0 aromatic carbocycles. The number of aliphatic hydroxyl groups excluding tert-OH is 1. The van der Waals surface area contributed by atoms with Gasteiger partial charge in [-0.05, 0) is 40.5 Å². The third-order valence-corrected chi connectivity index (χ3v) is 3.90. The zero-order valence-electron chi connectivity index (χ0n) is 14.2. The molecule has 4 heteroatoms. The Kier molecular flexibility index (Phi) is 14.5. The molecule has 0 heterocycles. The van der Waals surface area contributed by atoms with Crippen LogP contribution in [0.25, 0.3) is 0 Å². The van der Waals surface area contributed by atoms with E-state index in [0.29, 0.717) is 0 Å². The predicted molar refractivity (Wildman–Crippen MR) is 82.2 cm³/mol. The molecule has 1 atom stereocenters. The van der Waals surface area contributed by atoms with Gasteiger partial charge >= 0.3 is 0 Å². The zero-order chi connectivity index (χ0) is 16.0. The molecule has 0 aliphatic heterocycles. The number of hydrogen-bond acceptors (Lipinski definition) is 3. The molecular weight excluding hydrogens is 254 g/mol. The largest absolute Gasteiger partial charge is 0.550 e. The highest BCUT2D eigenvalue weighted by Gasteiger charge is 2.22. The van der Waals surface area contributed by atoms with E-state index in [4.69, 9.17) is 0 Å². The smallest absolute Gasteiger partial charge is 0.105 e. The molecule has 0 aliphatic carbocycles. The number of hydrogen-bond donors (Lipinski definition) is 1. The molecule has 0 aromatic heterocycles. The Bertz CT molecular complexity index is 217. The van der Waals surface area contributed by atoms with E-state index in [-0.39, 0.29) is 12.5 Å². The van der Waals surface area contributed by atoms with Gasteiger partial charge < -0.3 is 19.5 Å². The number of aliphatic carboxylic acids is 1. The number of carbonyl (C=O) groups excluding carboxylic acids is 1. The van der Waals surface area contributed by atoms with Crippen molar-refractivity contribution in [1.82, 2.24) is 0 Å². The number of carboxylic acid groups (broad SMARTS) is 1. The first-order valence-electron chi connectivity index (χ1n) is 8.10. The summed E-state index contributed by atoms with van der Waals surface area (Å²) < 4.78 is 1.04. The third kappa shape index (κ3) is 12.4. The molecule has 0 aromatic rings. The molecule has 0 spiro atoms. The summed E-state index contributed by atoms with van der Waals surface area (Å²) in [5, 5.41) is 19.1. The molecule has 0 rings (SSSR count). The molecule has 122 valence electrons. The normalized spacial score (nSPS) is 12.5. The van der Waals surface area contributed by atoms with E-state index in [1.807, 2.05) is 6.92 Å². The van der Waals surface area contributed by atoms with Crippen LogP contribution in [0.4, 0.5) is 0 Å². The average molecular weight is 289 g/mol. The van der Waals surface area contributed by atoms with Crippen LogP contribution in [-0.2, 0) is 4.79 Å². The van der Waals surface area contributed by atoms with Gasteiger partial charge in [-0.1, -0.05) is 26.2 Å². The van der Waals surface area contributed by atoms with Gasteiger partial charge in [-0.2, -0.15) is 0 Å². The Morgan fingerprint density at radius 1 is 1.05 bits per heavy atom.